The highest BCUT2D eigenvalue weighted by Crippen LogP contribution is 2.13. The van der Waals surface area contributed by atoms with Crippen molar-refractivity contribution >= 4 is 0 Å². The van der Waals surface area contributed by atoms with Crippen LogP contribution in [0.3, 0.4) is 0 Å². The topological polar surface area (TPSA) is 47.6 Å². The van der Waals surface area contributed by atoms with E-state index in [9.17, 15) is 0 Å². The van der Waals surface area contributed by atoms with Gasteiger partial charge in [0.05, 0.1) is 5.22 Å². The van der Waals surface area contributed by atoms with Crippen LogP contribution in [0.4, 0.5) is 0 Å². The van der Waals surface area contributed by atoms with Gasteiger partial charge in [-0.05, 0) is 12.5 Å². The Kier molecular flexibility index (Phi) is 3.51. The third-order valence-corrected chi connectivity index (χ3v) is 3.03. The zero-order valence-corrected chi connectivity index (χ0v) is 9.50. The molecule has 0 aliphatic carbocycles. The van der Waals surface area contributed by atoms with Gasteiger partial charge in [0.25, 0.3) is 0 Å². The maximum Gasteiger partial charge on any atom is 0.158 e. The number of hydrogen-bond donors (Lipinski definition) is 2. The number of nitrogens with one attached hydrogen (secondary N) is 1. The lowest BCUT2D eigenvalue weighted by Crippen LogP contribution is -2.34. The van der Waals surface area contributed by atoms with E-state index in [0.717, 1.165) is 13.0 Å². The maximum absolute atomic E-state index is 8.92. The highest BCUT2D eigenvalue weighted by atomic mass is 16.3. The van der Waals surface area contributed by atoms with Crippen molar-refractivity contribution in [1.29, 1.82) is 0 Å². The number of nitrogens with zero attached hydrogens (tertiary/aromatic N) is 2. The first-order valence-corrected chi connectivity index (χ1v) is 5.69. The first kappa shape index (κ1) is 11.1. The summed E-state index contributed by atoms with van der Waals surface area (Å²) in [4.78, 5) is 0. The molecule has 4 nitrogen and oxygen atoms in total. The number of rotatable bonds is 4. The van der Waals surface area contributed by atoms with E-state index in [4.69, 9.17) is 5.11 Å². The van der Waals surface area contributed by atoms with Crippen molar-refractivity contribution in [3.05, 3.63) is 35.9 Å². The summed E-state index contributed by atoms with van der Waals surface area (Å²) in [5.74, 6) is 0. The van der Waals surface area contributed by atoms with E-state index in [1.807, 2.05) is 22.9 Å². The zero-order chi connectivity index (χ0) is 11.4. The summed E-state index contributed by atoms with van der Waals surface area (Å²) in [6.07, 6.45) is 0.746. The molecule has 1 aliphatic heterocycles. The van der Waals surface area contributed by atoms with Crippen molar-refractivity contribution in [3.63, 3.8) is 0 Å². The third kappa shape index (κ3) is 2.39. The molecule has 0 spiro atoms. The molecule has 1 aromatic rings. The number of benzene rings is 1. The van der Waals surface area contributed by atoms with E-state index in [1.54, 1.807) is 0 Å². The average Bonchev–Trinajstić information content (AvgIpc) is 2.64. The molecule has 2 N–H and O–H groups in total. The highest BCUT2D eigenvalue weighted by molar-refractivity contribution is 5.13. The number of hydrogen-bond acceptors (Lipinski definition) is 3. The molecule has 1 aromatic carbocycles. The van der Waals surface area contributed by atoms with Gasteiger partial charge in [0, 0.05) is 13.0 Å². The molecule has 0 fully saturated rings. The third-order valence-electron chi connectivity index (χ3n) is 3.03. The van der Waals surface area contributed by atoms with Crippen LogP contribution in [-0.4, -0.2) is 28.5 Å². The van der Waals surface area contributed by atoms with E-state index in [1.165, 1.54) is 5.56 Å². The van der Waals surface area contributed by atoms with E-state index in [0.29, 0.717) is 6.04 Å². The van der Waals surface area contributed by atoms with E-state index in [-0.39, 0.29) is 12.6 Å². The van der Waals surface area contributed by atoms with Gasteiger partial charge in [0.2, 0.25) is 0 Å². The summed E-state index contributed by atoms with van der Waals surface area (Å²) in [6, 6.07) is 10.9. The van der Waals surface area contributed by atoms with Gasteiger partial charge in [-0.1, -0.05) is 30.3 Å². The summed E-state index contributed by atoms with van der Waals surface area (Å²) in [7, 11) is 0. The summed E-state index contributed by atoms with van der Waals surface area (Å²) < 4.78 is 2.04. The van der Waals surface area contributed by atoms with Crippen molar-refractivity contribution < 1.29 is 9.80 Å². The summed E-state index contributed by atoms with van der Waals surface area (Å²) in [5.41, 5.74) is 4.32. The first-order valence-electron chi connectivity index (χ1n) is 5.69. The second-order valence-electron chi connectivity index (χ2n) is 4.17. The van der Waals surface area contributed by atoms with Crippen molar-refractivity contribution in [3.8, 4) is 0 Å². The van der Waals surface area contributed by atoms with Gasteiger partial charge < -0.3 is 5.11 Å². The molecule has 0 aromatic heterocycles. The zero-order valence-electron chi connectivity index (χ0n) is 9.50. The molecule has 86 valence electrons. The molecule has 1 heterocycles. The molecular weight excluding hydrogens is 202 g/mol. The minimum atomic E-state index is 0.205. The minimum absolute atomic E-state index is 0.205. The molecular formula is C12H18N3O+. The quantitative estimate of drug-likeness (QED) is 0.752. The molecule has 0 saturated carbocycles. The Bertz CT molecular complexity index is 364. The van der Waals surface area contributed by atoms with Gasteiger partial charge in [-0.3, -0.25) is 0 Å². The molecule has 4 heteroatoms. The Hall–Kier alpha value is -1.42. The predicted molar refractivity (Wildman–Crippen MR) is 60.9 cm³/mol. The maximum atomic E-state index is 8.92. The molecule has 16 heavy (non-hydrogen) atoms. The Morgan fingerprint density at radius 3 is 2.81 bits per heavy atom. The predicted octanol–water partition coefficient (Wildman–Crippen LogP) is 1.31. The van der Waals surface area contributed by atoms with Gasteiger partial charge >= 0.3 is 0 Å². The lowest BCUT2D eigenvalue weighted by atomic mass is 10.1. The fraction of sp³-hybridized carbons (Fsp3) is 0.500. The Balaban J connectivity index is 1.97. The van der Waals surface area contributed by atoms with Gasteiger partial charge in [-0.25, -0.2) is 0 Å². The van der Waals surface area contributed by atoms with Gasteiger partial charge in [0.1, 0.15) is 6.54 Å². The van der Waals surface area contributed by atoms with Crippen molar-refractivity contribution in [1.82, 2.24) is 5.43 Å². The van der Waals surface area contributed by atoms with Gasteiger partial charge in [0.15, 0.2) is 12.1 Å². The van der Waals surface area contributed by atoms with Crippen LogP contribution in [-0.2, 0) is 6.54 Å². The number of aliphatic hydroxyl groups excluding tert-OH is 1. The van der Waals surface area contributed by atoms with Crippen LogP contribution in [0.25, 0.3) is 0 Å². The molecule has 0 bridgehead atoms. The monoisotopic (exact) mass is 220 g/mol. The van der Waals surface area contributed by atoms with E-state index >= 15 is 0 Å². The van der Waals surface area contributed by atoms with Crippen LogP contribution < -0.4 is 5.43 Å². The van der Waals surface area contributed by atoms with Crippen LogP contribution in [0, 0.1) is 0 Å². The average molecular weight is 220 g/mol. The first-order chi connectivity index (χ1) is 7.81. The lowest BCUT2D eigenvalue weighted by molar-refractivity contribution is -0.628. The van der Waals surface area contributed by atoms with Crippen LogP contribution in [0.15, 0.2) is 35.6 Å². The summed E-state index contributed by atoms with van der Waals surface area (Å²) >= 11 is 0. The highest BCUT2D eigenvalue weighted by Gasteiger charge is 2.33. The molecule has 2 rings (SSSR count). The molecule has 2 atom stereocenters. The van der Waals surface area contributed by atoms with Crippen molar-refractivity contribution in [2.24, 2.45) is 5.22 Å². The number of aliphatic hydroxyl groups is 1. The standard InChI is InChI=1S/C12H17N3O/c1-10-12(7-8-16)13-14-15(10)9-11-5-3-2-4-6-11/h2-6,10,12,16H,7-9H2,1H3/p+1. The van der Waals surface area contributed by atoms with Gasteiger partial charge in [-0.2, -0.15) is 10.1 Å². The Morgan fingerprint density at radius 1 is 1.38 bits per heavy atom. The van der Waals surface area contributed by atoms with Gasteiger partial charge in [-0.15, -0.1) is 0 Å². The Labute approximate surface area is 95.6 Å². The Morgan fingerprint density at radius 2 is 2.12 bits per heavy atom. The van der Waals surface area contributed by atoms with Crippen LogP contribution in [0.1, 0.15) is 18.9 Å². The second kappa shape index (κ2) is 5.07. The lowest BCUT2D eigenvalue weighted by Gasteiger charge is -2.09. The SMILES string of the molecule is CC1C(CCO)NN=[N+]1Cc1ccccc1. The molecule has 0 amide bonds. The second-order valence-corrected chi connectivity index (χ2v) is 4.17. The minimum Gasteiger partial charge on any atom is -0.396 e. The largest absolute Gasteiger partial charge is 0.396 e. The van der Waals surface area contributed by atoms with Crippen LogP contribution in [0.2, 0.25) is 0 Å². The summed E-state index contributed by atoms with van der Waals surface area (Å²) in [6.45, 7) is 3.15. The fourth-order valence-corrected chi connectivity index (χ4v) is 1.95. The normalized spacial score (nSPS) is 24.0. The van der Waals surface area contributed by atoms with Crippen molar-refractivity contribution in [2.75, 3.05) is 6.61 Å². The smallest absolute Gasteiger partial charge is 0.158 e. The molecule has 2 unspecified atom stereocenters. The molecule has 1 aliphatic rings. The van der Waals surface area contributed by atoms with Crippen molar-refractivity contribution in [2.45, 2.75) is 32.0 Å². The molecule has 0 radical (unpaired) electrons. The van der Waals surface area contributed by atoms with Crippen LogP contribution in [0.5, 0.6) is 0 Å². The van der Waals surface area contributed by atoms with Crippen LogP contribution >= 0.6 is 0 Å². The molecule has 0 saturated heterocycles. The van der Waals surface area contributed by atoms with E-state index in [2.05, 4.69) is 29.7 Å². The van der Waals surface area contributed by atoms with E-state index < -0.39 is 0 Å². The summed E-state index contributed by atoms with van der Waals surface area (Å²) in [5, 5.41) is 13.2. The fourth-order valence-electron chi connectivity index (χ4n) is 1.95.